The van der Waals surface area contributed by atoms with Crippen LogP contribution in [0.25, 0.3) is 0 Å². The van der Waals surface area contributed by atoms with Crippen molar-refractivity contribution < 1.29 is 14.2 Å². The van der Waals surface area contributed by atoms with Crippen molar-refractivity contribution in [2.24, 2.45) is 4.99 Å². The smallest absolute Gasteiger partial charge is 0.191 e. The number of methoxy groups -OCH3 is 1. The zero-order valence-corrected chi connectivity index (χ0v) is 20.6. The molecule has 0 saturated carbocycles. The van der Waals surface area contributed by atoms with E-state index in [1.807, 2.05) is 30.3 Å². The molecule has 0 atom stereocenters. The standard InChI is InChI=1S/C23H32N4O3.HI/c1-24-23(25-17-19-5-3-7-21(15-19)28-2)26-18-20-6-4-8-22(16-20)30-14-11-27-9-12-29-13-10-27;/h3-8,15-16H,9-14,17-18H2,1-2H3,(H2,24,25,26);1H. The normalized spacial score (nSPS) is 14.5. The summed E-state index contributed by atoms with van der Waals surface area (Å²) >= 11 is 0. The van der Waals surface area contributed by atoms with E-state index in [9.17, 15) is 0 Å². The fraction of sp³-hybridized carbons (Fsp3) is 0.435. The Labute approximate surface area is 202 Å². The maximum absolute atomic E-state index is 5.94. The summed E-state index contributed by atoms with van der Waals surface area (Å²) in [4.78, 5) is 6.67. The molecule has 2 N–H and O–H groups in total. The van der Waals surface area contributed by atoms with Crippen molar-refractivity contribution in [2.45, 2.75) is 13.1 Å². The highest BCUT2D eigenvalue weighted by Crippen LogP contribution is 2.14. The number of benzene rings is 2. The summed E-state index contributed by atoms with van der Waals surface area (Å²) in [5.41, 5.74) is 2.27. The summed E-state index contributed by atoms with van der Waals surface area (Å²) in [6, 6.07) is 16.2. The minimum absolute atomic E-state index is 0. The molecule has 1 fully saturated rings. The van der Waals surface area contributed by atoms with Gasteiger partial charge in [0.2, 0.25) is 0 Å². The first-order valence-corrected chi connectivity index (χ1v) is 10.4. The number of rotatable bonds is 9. The molecule has 2 aromatic carbocycles. The number of ether oxygens (including phenoxy) is 3. The fourth-order valence-corrected chi connectivity index (χ4v) is 3.24. The average molecular weight is 540 g/mol. The van der Waals surface area contributed by atoms with Crippen LogP contribution in [0, 0.1) is 0 Å². The van der Waals surface area contributed by atoms with E-state index in [1.54, 1.807) is 14.2 Å². The van der Waals surface area contributed by atoms with Crippen LogP contribution in [0.4, 0.5) is 0 Å². The lowest BCUT2D eigenvalue weighted by molar-refractivity contribution is 0.0322. The van der Waals surface area contributed by atoms with E-state index in [0.717, 1.165) is 61.4 Å². The van der Waals surface area contributed by atoms with E-state index in [-0.39, 0.29) is 24.0 Å². The monoisotopic (exact) mass is 540 g/mol. The molecule has 0 bridgehead atoms. The van der Waals surface area contributed by atoms with Gasteiger partial charge in [0.05, 0.1) is 20.3 Å². The van der Waals surface area contributed by atoms with Crippen molar-refractivity contribution in [2.75, 3.05) is 53.6 Å². The van der Waals surface area contributed by atoms with Gasteiger partial charge >= 0.3 is 0 Å². The first kappa shape index (κ1) is 25.2. The van der Waals surface area contributed by atoms with Gasteiger partial charge in [0, 0.05) is 39.8 Å². The lowest BCUT2D eigenvalue weighted by Gasteiger charge is -2.26. The molecule has 31 heavy (non-hydrogen) atoms. The largest absolute Gasteiger partial charge is 0.497 e. The lowest BCUT2D eigenvalue weighted by Crippen LogP contribution is -2.38. The maximum Gasteiger partial charge on any atom is 0.191 e. The van der Waals surface area contributed by atoms with Gasteiger partial charge in [0.15, 0.2) is 5.96 Å². The minimum Gasteiger partial charge on any atom is -0.497 e. The molecule has 0 radical (unpaired) electrons. The molecule has 1 aliphatic heterocycles. The topological polar surface area (TPSA) is 67.4 Å². The predicted molar refractivity (Wildman–Crippen MR) is 135 cm³/mol. The van der Waals surface area contributed by atoms with Crippen molar-refractivity contribution in [3.05, 3.63) is 59.7 Å². The minimum atomic E-state index is 0. The van der Waals surface area contributed by atoms with Crippen LogP contribution in [0.5, 0.6) is 11.5 Å². The van der Waals surface area contributed by atoms with Crippen molar-refractivity contribution in [1.29, 1.82) is 0 Å². The van der Waals surface area contributed by atoms with Gasteiger partial charge in [-0.1, -0.05) is 24.3 Å². The molecule has 1 aliphatic rings. The van der Waals surface area contributed by atoms with Crippen LogP contribution in [-0.4, -0.2) is 64.5 Å². The van der Waals surface area contributed by atoms with E-state index in [4.69, 9.17) is 14.2 Å². The molecule has 0 amide bonds. The maximum atomic E-state index is 5.94. The highest BCUT2D eigenvalue weighted by molar-refractivity contribution is 14.0. The molecular weight excluding hydrogens is 507 g/mol. The SMILES string of the molecule is CN=C(NCc1cccc(OC)c1)NCc1cccc(OCCN2CCOCC2)c1.I. The second kappa shape index (κ2) is 14.1. The Morgan fingerprint density at radius 3 is 2.23 bits per heavy atom. The third-order valence-corrected chi connectivity index (χ3v) is 4.96. The molecule has 7 nitrogen and oxygen atoms in total. The Balaban J connectivity index is 0.00000341. The van der Waals surface area contributed by atoms with Gasteiger partial charge in [-0.05, 0) is 35.4 Å². The third kappa shape index (κ3) is 8.92. The first-order chi connectivity index (χ1) is 14.8. The number of nitrogens with one attached hydrogen (secondary N) is 2. The molecule has 2 aromatic rings. The van der Waals surface area contributed by atoms with E-state index >= 15 is 0 Å². The molecule has 0 aromatic heterocycles. The fourth-order valence-electron chi connectivity index (χ4n) is 3.24. The molecule has 0 unspecified atom stereocenters. The molecule has 3 rings (SSSR count). The molecule has 1 saturated heterocycles. The average Bonchev–Trinajstić information content (AvgIpc) is 2.80. The van der Waals surface area contributed by atoms with Gasteiger partial charge in [-0.15, -0.1) is 24.0 Å². The number of hydrogen-bond acceptors (Lipinski definition) is 5. The number of guanidine groups is 1. The zero-order chi connectivity index (χ0) is 21.0. The van der Waals surface area contributed by atoms with Gasteiger partial charge in [-0.25, -0.2) is 0 Å². The van der Waals surface area contributed by atoms with Crippen molar-refractivity contribution in [1.82, 2.24) is 15.5 Å². The molecule has 0 spiro atoms. The van der Waals surface area contributed by atoms with Gasteiger partial charge in [0.25, 0.3) is 0 Å². The van der Waals surface area contributed by atoms with Crippen LogP contribution in [-0.2, 0) is 17.8 Å². The van der Waals surface area contributed by atoms with Crippen LogP contribution in [0.1, 0.15) is 11.1 Å². The third-order valence-electron chi connectivity index (χ3n) is 4.96. The molecule has 1 heterocycles. The molecule has 170 valence electrons. The lowest BCUT2D eigenvalue weighted by atomic mass is 10.2. The van der Waals surface area contributed by atoms with Crippen LogP contribution in [0.3, 0.4) is 0 Å². The summed E-state index contributed by atoms with van der Waals surface area (Å²) in [5.74, 6) is 2.49. The van der Waals surface area contributed by atoms with Gasteiger partial charge < -0.3 is 24.8 Å². The quantitative estimate of drug-likeness (QED) is 0.290. The Kier molecular flexibility index (Phi) is 11.5. The van der Waals surface area contributed by atoms with Crippen LogP contribution < -0.4 is 20.1 Å². The summed E-state index contributed by atoms with van der Waals surface area (Å²) in [5, 5.41) is 6.68. The van der Waals surface area contributed by atoms with E-state index in [1.165, 1.54) is 0 Å². The van der Waals surface area contributed by atoms with Crippen molar-refractivity contribution in [3.63, 3.8) is 0 Å². The Morgan fingerprint density at radius 2 is 1.61 bits per heavy atom. The summed E-state index contributed by atoms with van der Waals surface area (Å²) in [6.45, 7) is 6.53. The molecule has 8 heteroatoms. The van der Waals surface area contributed by atoms with E-state index < -0.39 is 0 Å². The number of halogens is 1. The summed E-state index contributed by atoms with van der Waals surface area (Å²) in [7, 11) is 3.44. The zero-order valence-electron chi connectivity index (χ0n) is 18.3. The van der Waals surface area contributed by atoms with Gasteiger partial charge in [-0.2, -0.15) is 0 Å². The van der Waals surface area contributed by atoms with Crippen LogP contribution in [0.15, 0.2) is 53.5 Å². The Morgan fingerprint density at radius 1 is 1.00 bits per heavy atom. The number of aliphatic imine (C=N–C) groups is 1. The van der Waals surface area contributed by atoms with E-state index in [2.05, 4.69) is 38.7 Å². The van der Waals surface area contributed by atoms with Gasteiger partial charge in [0.1, 0.15) is 18.1 Å². The second-order valence-electron chi connectivity index (χ2n) is 7.08. The molecular formula is C23H33IN4O3. The predicted octanol–water partition coefficient (Wildman–Crippen LogP) is 2.89. The van der Waals surface area contributed by atoms with Gasteiger partial charge in [-0.3, -0.25) is 9.89 Å². The van der Waals surface area contributed by atoms with E-state index in [0.29, 0.717) is 19.7 Å². The highest BCUT2D eigenvalue weighted by Gasteiger charge is 2.09. The Hall–Kier alpha value is -2.04. The highest BCUT2D eigenvalue weighted by atomic mass is 127. The summed E-state index contributed by atoms with van der Waals surface area (Å²) in [6.07, 6.45) is 0. The van der Waals surface area contributed by atoms with Crippen LogP contribution >= 0.6 is 24.0 Å². The van der Waals surface area contributed by atoms with Crippen molar-refractivity contribution in [3.8, 4) is 11.5 Å². The second-order valence-corrected chi connectivity index (χ2v) is 7.08. The number of hydrogen-bond donors (Lipinski definition) is 2. The number of morpholine rings is 1. The number of nitrogens with zero attached hydrogens (tertiary/aromatic N) is 2. The first-order valence-electron chi connectivity index (χ1n) is 10.4. The Bertz CT molecular complexity index is 813. The molecule has 0 aliphatic carbocycles. The van der Waals surface area contributed by atoms with Crippen LogP contribution in [0.2, 0.25) is 0 Å². The summed E-state index contributed by atoms with van der Waals surface area (Å²) < 4.78 is 16.6. The van der Waals surface area contributed by atoms with Crippen molar-refractivity contribution >= 4 is 29.9 Å².